The Morgan fingerprint density at radius 2 is 1.89 bits per heavy atom. The smallest absolute Gasteiger partial charge is 0.355 e. The third-order valence-corrected chi connectivity index (χ3v) is 8.06. The van der Waals surface area contributed by atoms with Gasteiger partial charge in [0, 0.05) is 19.4 Å². The summed E-state index contributed by atoms with van der Waals surface area (Å²) in [4.78, 5) is 58.3. The second-order valence-corrected chi connectivity index (χ2v) is 11.0. The van der Waals surface area contributed by atoms with Gasteiger partial charge in [-0.1, -0.05) is 40.5 Å². The van der Waals surface area contributed by atoms with Crippen molar-refractivity contribution in [1.82, 2.24) is 25.4 Å². The maximum atomic E-state index is 13.6. The number of nitrogens with zero attached hydrogens (tertiary/aromatic N) is 3. The summed E-state index contributed by atoms with van der Waals surface area (Å²) in [6.07, 6.45) is 3.48. The number of thiazole rings is 1. The number of hydrogen-bond donors (Lipinski definition) is 3. The quantitative estimate of drug-likeness (QED) is 0.406. The van der Waals surface area contributed by atoms with Crippen LogP contribution in [0.3, 0.4) is 0 Å². The highest BCUT2D eigenvalue weighted by molar-refractivity contribution is 7.09. The van der Waals surface area contributed by atoms with Gasteiger partial charge in [0.05, 0.1) is 12.1 Å². The molecule has 36 heavy (non-hydrogen) atoms. The third kappa shape index (κ3) is 7.25. The first-order chi connectivity index (χ1) is 16.9. The average molecular weight is 524 g/mol. The number of amides is 3. The topological polar surface area (TPSA) is 132 Å². The van der Waals surface area contributed by atoms with Gasteiger partial charge in [0.1, 0.15) is 17.1 Å². The van der Waals surface area contributed by atoms with Crippen molar-refractivity contribution in [1.29, 1.82) is 0 Å². The number of carboxylic acids is 1. The summed E-state index contributed by atoms with van der Waals surface area (Å²) in [5.41, 5.74) is -0.105. The maximum absolute atomic E-state index is 13.6. The van der Waals surface area contributed by atoms with Gasteiger partial charge < -0.3 is 20.6 Å². The second kappa shape index (κ2) is 13.1. The Hall–Kier alpha value is -2.53. The number of piperidine rings is 1. The van der Waals surface area contributed by atoms with Crippen LogP contribution < -0.4 is 10.6 Å². The van der Waals surface area contributed by atoms with Gasteiger partial charge in [-0.15, -0.1) is 11.3 Å². The van der Waals surface area contributed by atoms with Gasteiger partial charge in [-0.2, -0.15) is 0 Å². The van der Waals surface area contributed by atoms with Crippen LogP contribution in [0, 0.1) is 11.8 Å². The molecule has 2 rings (SSSR count). The zero-order valence-electron chi connectivity index (χ0n) is 22.4. The summed E-state index contributed by atoms with van der Waals surface area (Å²) in [6, 6.07) is -2.23. The molecule has 0 saturated carbocycles. The molecule has 5 unspecified atom stereocenters. The van der Waals surface area contributed by atoms with Gasteiger partial charge in [-0.05, 0) is 38.3 Å². The second-order valence-electron chi connectivity index (χ2n) is 10.1. The monoisotopic (exact) mass is 523 g/mol. The van der Waals surface area contributed by atoms with Gasteiger partial charge in [0.2, 0.25) is 17.7 Å². The van der Waals surface area contributed by atoms with E-state index in [-0.39, 0.29) is 41.3 Å². The molecule has 1 aromatic rings. The molecule has 2 heterocycles. The lowest BCUT2D eigenvalue weighted by Gasteiger charge is -2.37. The molecule has 1 saturated heterocycles. The Balaban J connectivity index is 2.34. The molecule has 0 aliphatic carbocycles. The van der Waals surface area contributed by atoms with Crippen LogP contribution in [0.2, 0.25) is 0 Å². The molecule has 202 valence electrons. The molecule has 5 atom stereocenters. The number of carbonyl (C=O) groups excluding carboxylic acids is 3. The lowest BCUT2D eigenvalue weighted by atomic mass is 9.92. The molecular formula is C25H41N5O5S. The number of carbonyl (C=O) groups is 4. The molecule has 1 aromatic heterocycles. The lowest BCUT2D eigenvalue weighted by Crippen LogP contribution is -2.59. The summed E-state index contributed by atoms with van der Waals surface area (Å²) >= 11 is 1.14. The zero-order chi connectivity index (χ0) is 27.2. The van der Waals surface area contributed by atoms with Crippen LogP contribution >= 0.6 is 11.3 Å². The molecule has 1 fully saturated rings. The summed E-state index contributed by atoms with van der Waals surface area (Å²) < 4.78 is 0. The Kier molecular flexibility index (Phi) is 10.8. The predicted molar refractivity (Wildman–Crippen MR) is 139 cm³/mol. The molecule has 0 bridgehead atoms. The van der Waals surface area contributed by atoms with Crippen molar-refractivity contribution in [2.45, 2.75) is 84.5 Å². The van der Waals surface area contributed by atoms with Crippen LogP contribution in [-0.4, -0.2) is 82.3 Å². The number of hydrogen-bond acceptors (Lipinski definition) is 7. The number of aromatic nitrogens is 1. The van der Waals surface area contributed by atoms with Crippen molar-refractivity contribution in [2.75, 3.05) is 20.6 Å². The van der Waals surface area contributed by atoms with Crippen LogP contribution in [0.15, 0.2) is 5.38 Å². The third-order valence-electron chi connectivity index (χ3n) is 7.14. The predicted octanol–water partition coefficient (Wildman–Crippen LogP) is 2.52. The van der Waals surface area contributed by atoms with Crippen molar-refractivity contribution < 1.29 is 24.3 Å². The Labute approximate surface area is 217 Å². The Morgan fingerprint density at radius 1 is 1.22 bits per heavy atom. The molecule has 11 heteroatoms. The molecule has 3 N–H and O–H groups in total. The molecule has 0 radical (unpaired) electrons. The number of aromatic carboxylic acids is 1. The fraction of sp³-hybridized carbons (Fsp3) is 0.720. The van der Waals surface area contributed by atoms with Crippen molar-refractivity contribution in [3.8, 4) is 0 Å². The van der Waals surface area contributed by atoms with Gasteiger partial charge >= 0.3 is 5.97 Å². The van der Waals surface area contributed by atoms with Gasteiger partial charge in [0.25, 0.3) is 0 Å². The first kappa shape index (κ1) is 29.7. The maximum Gasteiger partial charge on any atom is 0.355 e. The Bertz CT molecular complexity index is 936. The van der Waals surface area contributed by atoms with E-state index >= 15 is 0 Å². The lowest BCUT2D eigenvalue weighted by molar-refractivity contribution is -0.135. The van der Waals surface area contributed by atoms with Crippen LogP contribution in [0.25, 0.3) is 0 Å². The molecule has 1 aliphatic heterocycles. The standard InChI is InChI=1S/C25H41N5O5S/c1-8-15(4)20(28-22(32)18-11-9-10-12-29(18)6)23(33)27-19(14(2)3)21(30(7)16(5)31)24-26-17(13-36-24)25(34)35/h13-15,18-21H,8-12H2,1-7H3,(H,27,33)(H,28,32)(H,34,35). The van der Waals surface area contributed by atoms with E-state index in [0.29, 0.717) is 11.4 Å². The highest BCUT2D eigenvalue weighted by atomic mass is 32.1. The highest BCUT2D eigenvalue weighted by Crippen LogP contribution is 2.30. The van der Waals surface area contributed by atoms with Gasteiger partial charge in [-0.25, -0.2) is 9.78 Å². The van der Waals surface area contributed by atoms with Gasteiger partial charge in [-0.3, -0.25) is 19.3 Å². The zero-order valence-corrected chi connectivity index (χ0v) is 23.2. The van der Waals surface area contributed by atoms with Crippen molar-refractivity contribution in [2.24, 2.45) is 11.8 Å². The first-order valence-corrected chi connectivity index (χ1v) is 13.5. The fourth-order valence-electron chi connectivity index (χ4n) is 4.50. The summed E-state index contributed by atoms with van der Waals surface area (Å²) in [7, 11) is 3.54. The molecule has 3 amide bonds. The molecular weight excluding hydrogens is 482 g/mol. The summed E-state index contributed by atoms with van der Waals surface area (Å²) in [5, 5.41) is 17.3. The Morgan fingerprint density at radius 3 is 2.39 bits per heavy atom. The van der Waals surface area contributed by atoms with E-state index in [1.165, 1.54) is 17.2 Å². The van der Waals surface area contributed by atoms with E-state index in [9.17, 15) is 24.3 Å². The van der Waals surface area contributed by atoms with Crippen LogP contribution in [0.5, 0.6) is 0 Å². The number of carboxylic acid groups (broad SMARTS) is 1. The number of likely N-dealkylation sites (tertiary alicyclic amines) is 1. The SMILES string of the molecule is CCC(C)C(NC(=O)C1CCCCN1C)C(=O)NC(C(C)C)C(c1nc(C(=O)O)cs1)N(C)C(C)=O. The van der Waals surface area contributed by atoms with E-state index in [1.54, 1.807) is 7.05 Å². The molecule has 10 nitrogen and oxygen atoms in total. The van der Waals surface area contributed by atoms with E-state index < -0.39 is 24.1 Å². The van der Waals surface area contributed by atoms with Crippen molar-refractivity contribution in [3.63, 3.8) is 0 Å². The average Bonchev–Trinajstić information content (AvgIpc) is 3.31. The number of likely N-dealkylation sites (N-methyl/N-ethyl adjacent to an activating group) is 2. The number of rotatable bonds is 11. The molecule has 0 spiro atoms. The van der Waals surface area contributed by atoms with E-state index in [0.717, 1.165) is 37.1 Å². The summed E-state index contributed by atoms with van der Waals surface area (Å²) in [6.45, 7) is 10.0. The van der Waals surface area contributed by atoms with Crippen molar-refractivity contribution >= 4 is 35.0 Å². The van der Waals surface area contributed by atoms with Crippen LogP contribution in [0.4, 0.5) is 0 Å². The van der Waals surface area contributed by atoms with Crippen molar-refractivity contribution in [3.05, 3.63) is 16.1 Å². The molecule has 1 aliphatic rings. The highest BCUT2D eigenvalue weighted by Gasteiger charge is 2.38. The van der Waals surface area contributed by atoms with E-state index in [2.05, 4.69) is 15.6 Å². The number of nitrogens with one attached hydrogen (secondary N) is 2. The first-order valence-electron chi connectivity index (χ1n) is 12.6. The minimum Gasteiger partial charge on any atom is -0.476 e. The normalized spacial score (nSPS) is 19.7. The minimum atomic E-state index is -1.15. The molecule has 0 aromatic carbocycles. The van der Waals surface area contributed by atoms with E-state index in [1.807, 2.05) is 39.6 Å². The minimum absolute atomic E-state index is 0.105. The van der Waals surface area contributed by atoms with Crippen LogP contribution in [-0.2, 0) is 14.4 Å². The largest absolute Gasteiger partial charge is 0.476 e. The van der Waals surface area contributed by atoms with E-state index in [4.69, 9.17) is 0 Å². The van der Waals surface area contributed by atoms with Crippen LogP contribution in [0.1, 0.15) is 81.8 Å². The fourth-order valence-corrected chi connectivity index (χ4v) is 5.48. The summed E-state index contributed by atoms with van der Waals surface area (Å²) in [5.74, 6) is -2.10. The van der Waals surface area contributed by atoms with Gasteiger partial charge in [0.15, 0.2) is 5.69 Å².